The first-order chi connectivity index (χ1) is 18.9. The lowest BCUT2D eigenvalue weighted by molar-refractivity contribution is -0.152. The van der Waals surface area contributed by atoms with Crippen LogP contribution in [0, 0.1) is 29.1 Å². The van der Waals surface area contributed by atoms with Gasteiger partial charge in [0.2, 0.25) is 23.6 Å². The highest BCUT2D eigenvalue weighted by atomic mass is 79.9. The number of allylic oxidation sites excluding steroid dienone is 1. The van der Waals surface area contributed by atoms with Crippen LogP contribution in [-0.2, 0) is 28.7 Å². The summed E-state index contributed by atoms with van der Waals surface area (Å²) in [7, 11) is 0. The Morgan fingerprint density at radius 2 is 1.23 bits per heavy atom. The molecule has 8 nitrogen and oxygen atoms in total. The Bertz CT molecular complexity index is 1500. The maximum atomic E-state index is 14.3. The zero-order valence-electron chi connectivity index (χ0n) is 21.6. The summed E-state index contributed by atoms with van der Waals surface area (Å²) in [5, 5.41) is 0.382. The summed E-state index contributed by atoms with van der Waals surface area (Å²) in [5.41, 5.74) is -0.641. The molecule has 6 atom stereocenters. The van der Waals surface area contributed by atoms with E-state index in [2.05, 4.69) is 15.9 Å². The second kappa shape index (κ2) is 8.99. The minimum absolute atomic E-state index is 0.0560. The minimum atomic E-state index is -1.55. The summed E-state index contributed by atoms with van der Waals surface area (Å²) in [6.07, 6.45) is 0. The van der Waals surface area contributed by atoms with Gasteiger partial charge in [-0.1, -0.05) is 70.3 Å². The summed E-state index contributed by atoms with van der Waals surface area (Å²) in [4.78, 5) is 72.6. The smallest absolute Gasteiger partial charge is 0.334 e. The monoisotopic (exact) mass is 644 g/mol. The van der Waals surface area contributed by atoms with Gasteiger partial charge in [-0.05, 0) is 43.7 Å². The number of esters is 1. The number of hydrogen-bond acceptors (Lipinski definition) is 6. The molecule has 40 heavy (non-hydrogen) atoms. The average molecular weight is 646 g/mol. The van der Waals surface area contributed by atoms with E-state index in [1.165, 1.54) is 0 Å². The third-order valence-electron chi connectivity index (χ3n) is 8.96. The molecule has 2 saturated heterocycles. The van der Waals surface area contributed by atoms with Crippen molar-refractivity contribution in [3.63, 3.8) is 0 Å². The van der Waals surface area contributed by atoms with Gasteiger partial charge in [0.25, 0.3) is 0 Å². The van der Waals surface area contributed by atoms with Crippen LogP contribution in [0.2, 0.25) is 10.0 Å². The van der Waals surface area contributed by atoms with Crippen LogP contribution in [0.5, 0.6) is 0 Å². The van der Waals surface area contributed by atoms with Gasteiger partial charge >= 0.3 is 5.97 Å². The number of imide groups is 2. The first-order valence-electron chi connectivity index (χ1n) is 12.8. The van der Waals surface area contributed by atoms with Gasteiger partial charge in [0, 0.05) is 11.0 Å². The van der Waals surface area contributed by atoms with Gasteiger partial charge in [0.15, 0.2) is 0 Å². The van der Waals surface area contributed by atoms with Crippen LogP contribution < -0.4 is 9.80 Å². The lowest BCUT2D eigenvalue weighted by Gasteiger charge is -2.59. The number of hydrogen-bond donors (Lipinski definition) is 0. The normalized spacial score (nSPS) is 32.6. The van der Waals surface area contributed by atoms with Gasteiger partial charge in [-0.2, -0.15) is 0 Å². The molecule has 0 N–H and O–H groups in total. The molecular weight excluding hydrogens is 623 g/mol. The maximum Gasteiger partial charge on any atom is 0.334 e. The number of amides is 4. The number of anilines is 2. The predicted octanol–water partition coefficient (Wildman–Crippen LogP) is 4.95. The maximum absolute atomic E-state index is 14.3. The van der Waals surface area contributed by atoms with E-state index in [4.69, 9.17) is 27.9 Å². The molecule has 2 unspecified atom stereocenters. The van der Waals surface area contributed by atoms with E-state index in [0.29, 0.717) is 5.57 Å². The van der Waals surface area contributed by atoms with Crippen LogP contribution in [0.15, 0.2) is 59.7 Å². The van der Waals surface area contributed by atoms with Gasteiger partial charge in [0.1, 0.15) is 0 Å². The van der Waals surface area contributed by atoms with Gasteiger partial charge in [-0.15, -0.1) is 0 Å². The zero-order chi connectivity index (χ0) is 28.9. The standard InChI is InChI=1S/C29H23BrCl2N2O6/c1-4-40-27(39)18-13(2)29(30)21-19(23(35)33(25(21)37)16-11-7-5-9-14(16)31)28(18,3)20-22(29)26(38)34(24(20)36)17-12-8-6-10-15(17)32/h5-12,19-22H,4H2,1-3H3/t19-,20-,21-,22+,28?,29?/m1/s1. The number of carbonyl (C=O) groups is 5. The van der Waals surface area contributed by atoms with Crippen LogP contribution in [0.1, 0.15) is 20.8 Å². The largest absolute Gasteiger partial charge is 0.463 e. The molecule has 2 heterocycles. The van der Waals surface area contributed by atoms with E-state index in [-0.39, 0.29) is 33.6 Å². The number of para-hydroxylation sites is 2. The van der Waals surface area contributed by atoms with Crippen LogP contribution >= 0.6 is 39.1 Å². The molecule has 0 spiro atoms. The fourth-order valence-corrected chi connectivity index (χ4v) is 9.03. The lowest BCUT2D eigenvalue weighted by Crippen LogP contribution is -2.67. The van der Waals surface area contributed by atoms with Crippen LogP contribution in [0.4, 0.5) is 11.4 Å². The first kappa shape index (κ1) is 27.2. The molecule has 2 aliphatic heterocycles. The van der Waals surface area contributed by atoms with Gasteiger partial charge in [0.05, 0.1) is 56.0 Å². The summed E-state index contributed by atoms with van der Waals surface area (Å²) in [6, 6.07) is 12.9. The molecule has 1 saturated carbocycles. The number of alkyl halides is 1. The SMILES string of the molecule is CCOC(=O)C1=C(C)C2(Br)[C@@H]3C(=O)N(c4ccccc4Cl)C(=O)[C@@H]3C1(C)[C@H]1C(=O)N(c3ccccc3Cl)C(=O)[C@@H]12. The molecule has 2 aromatic carbocycles. The Hall–Kier alpha value is -3.01. The van der Waals surface area contributed by atoms with E-state index in [9.17, 15) is 24.0 Å². The highest BCUT2D eigenvalue weighted by Crippen LogP contribution is 2.72. The van der Waals surface area contributed by atoms with E-state index in [1.54, 1.807) is 69.3 Å². The zero-order valence-corrected chi connectivity index (χ0v) is 24.7. The third-order valence-corrected chi connectivity index (χ3v) is 11.2. The molecule has 0 radical (unpaired) electrons. The van der Waals surface area contributed by atoms with Gasteiger partial charge in [-0.25, -0.2) is 14.6 Å². The average Bonchev–Trinajstić information content (AvgIpc) is 3.34. The van der Waals surface area contributed by atoms with Crippen molar-refractivity contribution in [3.05, 3.63) is 69.7 Å². The number of ether oxygens (including phenoxy) is 1. The Labute approximate surface area is 248 Å². The van der Waals surface area contributed by atoms with E-state index < -0.39 is 63.0 Å². The minimum Gasteiger partial charge on any atom is -0.463 e. The third kappa shape index (κ3) is 3.11. The van der Waals surface area contributed by atoms with Crippen molar-refractivity contribution in [1.82, 2.24) is 0 Å². The van der Waals surface area contributed by atoms with E-state index >= 15 is 0 Å². The molecule has 3 fully saturated rings. The Kier molecular flexibility index (Phi) is 6.11. The molecule has 7 rings (SSSR count). The molecule has 4 amide bonds. The molecular formula is C29H23BrCl2N2O6. The van der Waals surface area contributed by atoms with E-state index in [1.807, 2.05) is 0 Å². The van der Waals surface area contributed by atoms with Crippen molar-refractivity contribution in [2.75, 3.05) is 16.4 Å². The van der Waals surface area contributed by atoms with Crippen molar-refractivity contribution in [2.24, 2.45) is 29.1 Å². The second-order valence-electron chi connectivity index (χ2n) is 10.6. The molecule has 206 valence electrons. The van der Waals surface area contributed by atoms with Crippen molar-refractivity contribution < 1.29 is 28.7 Å². The Morgan fingerprint density at radius 3 is 1.62 bits per heavy atom. The van der Waals surface area contributed by atoms with Crippen LogP contribution in [0.25, 0.3) is 0 Å². The quantitative estimate of drug-likeness (QED) is 0.265. The number of rotatable bonds is 4. The van der Waals surface area contributed by atoms with Crippen molar-refractivity contribution in [1.29, 1.82) is 0 Å². The molecule has 5 aliphatic rings. The van der Waals surface area contributed by atoms with Crippen LogP contribution in [0.3, 0.4) is 0 Å². The molecule has 11 heteroatoms. The summed E-state index contributed by atoms with van der Waals surface area (Å²) < 4.78 is 3.88. The first-order valence-corrected chi connectivity index (χ1v) is 14.3. The fraction of sp³-hybridized carbons (Fsp3) is 0.345. The molecule has 0 aromatic heterocycles. The van der Waals surface area contributed by atoms with Gasteiger partial charge < -0.3 is 4.74 Å². The highest BCUT2D eigenvalue weighted by molar-refractivity contribution is 9.10. The fourth-order valence-electron chi connectivity index (χ4n) is 7.47. The number of benzene rings is 2. The number of nitrogens with zero attached hydrogens (tertiary/aromatic N) is 2. The van der Waals surface area contributed by atoms with Crippen molar-refractivity contribution >= 4 is 80.1 Å². The predicted molar refractivity (Wildman–Crippen MR) is 151 cm³/mol. The summed E-state index contributed by atoms with van der Waals surface area (Å²) in [5.74, 6) is -7.52. The molecule has 2 bridgehead atoms. The Morgan fingerprint density at radius 1 is 0.825 bits per heavy atom. The van der Waals surface area contributed by atoms with Crippen LogP contribution in [-0.4, -0.2) is 40.5 Å². The number of carbonyl (C=O) groups excluding carboxylic acids is 5. The second-order valence-corrected chi connectivity index (χ2v) is 12.7. The topological polar surface area (TPSA) is 101 Å². The van der Waals surface area contributed by atoms with Gasteiger partial charge in [-0.3, -0.25) is 19.2 Å². The highest BCUT2D eigenvalue weighted by Gasteiger charge is 2.81. The Balaban J connectivity index is 1.61. The number of halogens is 3. The lowest BCUT2D eigenvalue weighted by atomic mass is 9.43. The molecule has 2 aromatic rings. The summed E-state index contributed by atoms with van der Waals surface area (Å²) >= 11 is 16.6. The van der Waals surface area contributed by atoms with Crippen molar-refractivity contribution in [2.45, 2.75) is 25.1 Å². The molecule has 3 aliphatic carbocycles. The van der Waals surface area contributed by atoms with E-state index in [0.717, 1.165) is 9.80 Å². The summed E-state index contributed by atoms with van der Waals surface area (Å²) in [6.45, 7) is 4.98. The van der Waals surface area contributed by atoms with Crippen molar-refractivity contribution in [3.8, 4) is 0 Å².